The standard InChI is InChI=1S/C19H22ClN3O4/c1-25-15-8-13(9-16(26-2)18(15)27-3)22-19(24)14-10-21-23-17(14)11-4-6-12(20)7-5-11/h4-9,14,17,21,23H,10H2,1-3H3,(H,22,24). The van der Waals surface area contributed by atoms with E-state index >= 15 is 0 Å². The highest BCUT2D eigenvalue weighted by Crippen LogP contribution is 2.40. The Morgan fingerprint density at radius 2 is 1.70 bits per heavy atom. The topological polar surface area (TPSA) is 80.9 Å². The van der Waals surface area contributed by atoms with E-state index in [-0.39, 0.29) is 17.9 Å². The zero-order valence-corrected chi connectivity index (χ0v) is 16.1. The second kappa shape index (κ2) is 8.47. The van der Waals surface area contributed by atoms with E-state index in [1.807, 2.05) is 24.3 Å². The fourth-order valence-electron chi connectivity index (χ4n) is 3.12. The van der Waals surface area contributed by atoms with E-state index in [4.69, 9.17) is 25.8 Å². The Kier molecular flexibility index (Phi) is 6.05. The van der Waals surface area contributed by atoms with Crippen LogP contribution in [0.1, 0.15) is 11.6 Å². The van der Waals surface area contributed by atoms with Crippen LogP contribution < -0.4 is 30.4 Å². The molecule has 0 aliphatic carbocycles. The summed E-state index contributed by atoms with van der Waals surface area (Å²) < 4.78 is 16.0. The van der Waals surface area contributed by atoms with Crippen molar-refractivity contribution in [3.63, 3.8) is 0 Å². The molecular weight excluding hydrogens is 370 g/mol. The molecule has 1 amide bonds. The summed E-state index contributed by atoms with van der Waals surface area (Å²) in [5, 5.41) is 3.59. The third-order valence-electron chi connectivity index (χ3n) is 4.48. The first-order chi connectivity index (χ1) is 13.1. The van der Waals surface area contributed by atoms with Crippen molar-refractivity contribution in [3.8, 4) is 17.2 Å². The zero-order chi connectivity index (χ0) is 19.4. The summed E-state index contributed by atoms with van der Waals surface area (Å²) in [7, 11) is 4.60. The molecule has 0 saturated carbocycles. The second-order valence-electron chi connectivity index (χ2n) is 6.06. The minimum Gasteiger partial charge on any atom is -0.493 e. The van der Waals surface area contributed by atoms with Crippen molar-refractivity contribution in [1.82, 2.24) is 10.9 Å². The number of methoxy groups -OCH3 is 3. The van der Waals surface area contributed by atoms with Crippen LogP contribution in [0.15, 0.2) is 36.4 Å². The molecule has 1 aliphatic rings. The molecule has 2 aromatic rings. The molecule has 1 fully saturated rings. The molecule has 7 nitrogen and oxygen atoms in total. The minimum atomic E-state index is -0.301. The molecule has 8 heteroatoms. The first kappa shape index (κ1) is 19.3. The number of anilines is 1. The van der Waals surface area contributed by atoms with Gasteiger partial charge in [0.25, 0.3) is 0 Å². The van der Waals surface area contributed by atoms with E-state index in [1.54, 1.807) is 12.1 Å². The Bertz CT molecular complexity index is 788. The molecule has 0 bridgehead atoms. The molecule has 1 saturated heterocycles. The van der Waals surface area contributed by atoms with Crippen LogP contribution in [0.3, 0.4) is 0 Å². The molecule has 3 N–H and O–H groups in total. The molecule has 1 heterocycles. The number of carbonyl (C=O) groups is 1. The smallest absolute Gasteiger partial charge is 0.230 e. The van der Waals surface area contributed by atoms with Crippen LogP contribution in [-0.4, -0.2) is 33.8 Å². The fourth-order valence-corrected chi connectivity index (χ4v) is 3.24. The van der Waals surface area contributed by atoms with Crippen LogP contribution in [0.4, 0.5) is 5.69 Å². The number of hydrogen-bond donors (Lipinski definition) is 3. The number of nitrogens with one attached hydrogen (secondary N) is 3. The van der Waals surface area contributed by atoms with E-state index in [2.05, 4.69) is 16.2 Å². The Balaban J connectivity index is 1.81. The molecule has 2 aromatic carbocycles. The molecule has 0 aromatic heterocycles. The van der Waals surface area contributed by atoms with Gasteiger partial charge < -0.3 is 19.5 Å². The maximum absolute atomic E-state index is 12.9. The summed E-state index contributed by atoms with van der Waals surface area (Å²) in [6.45, 7) is 0.504. The summed E-state index contributed by atoms with van der Waals surface area (Å²) in [5.74, 6) is 1.00. The summed E-state index contributed by atoms with van der Waals surface area (Å²) in [4.78, 5) is 12.9. The third kappa shape index (κ3) is 4.10. The van der Waals surface area contributed by atoms with Gasteiger partial charge >= 0.3 is 0 Å². The van der Waals surface area contributed by atoms with Gasteiger partial charge in [-0.05, 0) is 17.7 Å². The van der Waals surface area contributed by atoms with Crippen LogP contribution in [0.25, 0.3) is 0 Å². The van der Waals surface area contributed by atoms with Crippen molar-refractivity contribution in [3.05, 3.63) is 47.0 Å². The monoisotopic (exact) mass is 391 g/mol. The minimum absolute atomic E-state index is 0.123. The summed E-state index contributed by atoms with van der Waals surface area (Å²) in [6.07, 6.45) is 0. The van der Waals surface area contributed by atoms with Crippen LogP contribution in [0.2, 0.25) is 5.02 Å². The van der Waals surface area contributed by atoms with Gasteiger partial charge in [0.1, 0.15) is 0 Å². The molecule has 3 rings (SSSR count). The number of carbonyl (C=O) groups excluding carboxylic acids is 1. The van der Waals surface area contributed by atoms with Crippen molar-refractivity contribution in [2.75, 3.05) is 33.2 Å². The highest BCUT2D eigenvalue weighted by molar-refractivity contribution is 6.30. The maximum Gasteiger partial charge on any atom is 0.230 e. The van der Waals surface area contributed by atoms with E-state index in [1.165, 1.54) is 21.3 Å². The third-order valence-corrected chi connectivity index (χ3v) is 4.73. The van der Waals surface area contributed by atoms with Crippen molar-refractivity contribution < 1.29 is 19.0 Å². The molecule has 144 valence electrons. The van der Waals surface area contributed by atoms with Gasteiger partial charge in [0, 0.05) is 29.4 Å². The summed E-state index contributed by atoms with van der Waals surface area (Å²) >= 11 is 5.96. The molecule has 0 spiro atoms. The highest BCUT2D eigenvalue weighted by Gasteiger charge is 2.34. The number of halogens is 1. The largest absolute Gasteiger partial charge is 0.493 e. The quantitative estimate of drug-likeness (QED) is 0.702. The molecule has 2 atom stereocenters. The van der Waals surface area contributed by atoms with Crippen LogP contribution in [0, 0.1) is 5.92 Å². The van der Waals surface area contributed by atoms with Crippen LogP contribution >= 0.6 is 11.6 Å². The van der Waals surface area contributed by atoms with Gasteiger partial charge in [0.15, 0.2) is 11.5 Å². The zero-order valence-electron chi connectivity index (χ0n) is 15.3. The lowest BCUT2D eigenvalue weighted by Gasteiger charge is -2.19. The predicted molar refractivity (Wildman–Crippen MR) is 104 cm³/mol. The predicted octanol–water partition coefficient (Wildman–Crippen LogP) is 2.77. The van der Waals surface area contributed by atoms with Gasteiger partial charge in [-0.2, -0.15) is 0 Å². The lowest BCUT2D eigenvalue weighted by atomic mass is 9.94. The number of hydrazine groups is 1. The molecule has 1 aliphatic heterocycles. The van der Waals surface area contributed by atoms with Gasteiger partial charge in [0.2, 0.25) is 11.7 Å². The van der Waals surface area contributed by atoms with Gasteiger partial charge in [-0.3, -0.25) is 10.2 Å². The van der Waals surface area contributed by atoms with E-state index < -0.39 is 0 Å². The van der Waals surface area contributed by atoms with Crippen molar-refractivity contribution in [1.29, 1.82) is 0 Å². The first-order valence-corrected chi connectivity index (χ1v) is 8.80. The van der Waals surface area contributed by atoms with Crippen LogP contribution in [-0.2, 0) is 4.79 Å². The average Bonchev–Trinajstić information content (AvgIpc) is 3.17. The SMILES string of the molecule is COc1cc(NC(=O)C2CNNC2c2ccc(Cl)cc2)cc(OC)c1OC. The molecule has 27 heavy (non-hydrogen) atoms. The first-order valence-electron chi connectivity index (χ1n) is 8.42. The van der Waals surface area contributed by atoms with Gasteiger partial charge in [-0.25, -0.2) is 5.43 Å². The number of hydrogen-bond acceptors (Lipinski definition) is 6. The normalized spacial score (nSPS) is 18.8. The van der Waals surface area contributed by atoms with E-state index in [0.29, 0.717) is 34.5 Å². The number of amides is 1. The number of rotatable bonds is 6. The lowest BCUT2D eigenvalue weighted by Crippen LogP contribution is -2.29. The van der Waals surface area contributed by atoms with E-state index in [0.717, 1.165) is 5.56 Å². The van der Waals surface area contributed by atoms with Crippen molar-refractivity contribution in [2.24, 2.45) is 5.92 Å². The van der Waals surface area contributed by atoms with Crippen LogP contribution in [0.5, 0.6) is 17.2 Å². The lowest BCUT2D eigenvalue weighted by molar-refractivity contribution is -0.119. The average molecular weight is 392 g/mol. The van der Waals surface area contributed by atoms with E-state index in [9.17, 15) is 4.79 Å². The Hall–Kier alpha value is -2.48. The Morgan fingerprint density at radius 1 is 1.07 bits per heavy atom. The number of benzene rings is 2. The van der Waals surface area contributed by atoms with Gasteiger partial charge in [-0.15, -0.1) is 0 Å². The van der Waals surface area contributed by atoms with Gasteiger partial charge in [0.05, 0.1) is 33.3 Å². The summed E-state index contributed by atoms with van der Waals surface area (Å²) in [5.41, 5.74) is 7.75. The highest BCUT2D eigenvalue weighted by atomic mass is 35.5. The summed E-state index contributed by atoms with van der Waals surface area (Å²) in [6, 6.07) is 10.7. The Morgan fingerprint density at radius 3 is 2.26 bits per heavy atom. The molecular formula is C19H22ClN3O4. The fraction of sp³-hybridized carbons (Fsp3) is 0.316. The van der Waals surface area contributed by atoms with Gasteiger partial charge in [-0.1, -0.05) is 23.7 Å². The number of ether oxygens (including phenoxy) is 3. The molecule has 0 radical (unpaired) electrons. The Labute approximate surface area is 162 Å². The molecule has 2 unspecified atom stereocenters. The van der Waals surface area contributed by atoms with Crippen molar-refractivity contribution >= 4 is 23.2 Å². The van der Waals surface area contributed by atoms with Crippen molar-refractivity contribution in [2.45, 2.75) is 6.04 Å². The maximum atomic E-state index is 12.9. The second-order valence-corrected chi connectivity index (χ2v) is 6.50.